The topological polar surface area (TPSA) is 66.5 Å². The fourth-order valence-corrected chi connectivity index (χ4v) is 2.88. The molecule has 4 amide bonds. The summed E-state index contributed by atoms with van der Waals surface area (Å²) in [5.41, 5.74) is 3.94. The molecule has 1 aliphatic heterocycles. The Balaban J connectivity index is 2.07. The van der Waals surface area contributed by atoms with Crippen LogP contribution in [0.15, 0.2) is 48.0 Å². The average molecular weight is 334 g/mol. The summed E-state index contributed by atoms with van der Waals surface area (Å²) in [6.45, 7) is 5.67. The largest absolute Gasteiger partial charge is 0.335 e. The number of anilines is 1. The number of urea groups is 1. The molecule has 1 fully saturated rings. The highest BCUT2D eigenvalue weighted by atomic mass is 16.2. The van der Waals surface area contributed by atoms with Crippen LogP contribution in [0, 0.1) is 20.8 Å². The Morgan fingerprint density at radius 1 is 0.920 bits per heavy atom. The standard InChI is InChI=1S/C20H18N2O3/c1-12-8-13(2)10-16(9-12)22-19(24)17(18(23)21-20(22)25)11-15-7-5-4-6-14(15)3/h4-11H,1-3H3,(H,21,23,25)/b17-11+. The number of aryl methyl sites for hydroxylation is 3. The molecular weight excluding hydrogens is 316 g/mol. The lowest BCUT2D eigenvalue weighted by molar-refractivity contribution is -0.122. The van der Waals surface area contributed by atoms with Crippen LogP contribution in [0.3, 0.4) is 0 Å². The SMILES string of the molecule is Cc1cc(C)cc(N2C(=O)NC(=O)/C(=C\c3ccccc3C)C2=O)c1. The second-order valence-corrected chi connectivity index (χ2v) is 6.16. The summed E-state index contributed by atoms with van der Waals surface area (Å²) in [4.78, 5) is 38.3. The van der Waals surface area contributed by atoms with Gasteiger partial charge in [0, 0.05) is 0 Å². The average Bonchev–Trinajstić information content (AvgIpc) is 2.52. The quantitative estimate of drug-likeness (QED) is 0.677. The third-order valence-electron chi connectivity index (χ3n) is 4.05. The van der Waals surface area contributed by atoms with Gasteiger partial charge in [0.2, 0.25) is 0 Å². The van der Waals surface area contributed by atoms with Gasteiger partial charge in [-0.1, -0.05) is 30.3 Å². The van der Waals surface area contributed by atoms with Crippen molar-refractivity contribution in [1.29, 1.82) is 0 Å². The van der Waals surface area contributed by atoms with Crippen molar-refractivity contribution in [2.24, 2.45) is 0 Å². The molecule has 2 aromatic rings. The van der Waals surface area contributed by atoms with E-state index >= 15 is 0 Å². The monoisotopic (exact) mass is 334 g/mol. The highest BCUT2D eigenvalue weighted by Crippen LogP contribution is 2.24. The first-order valence-electron chi connectivity index (χ1n) is 7.92. The highest BCUT2D eigenvalue weighted by molar-refractivity contribution is 6.39. The second-order valence-electron chi connectivity index (χ2n) is 6.16. The van der Waals surface area contributed by atoms with Crippen molar-refractivity contribution in [2.45, 2.75) is 20.8 Å². The fourth-order valence-electron chi connectivity index (χ4n) is 2.88. The van der Waals surface area contributed by atoms with Gasteiger partial charge >= 0.3 is 6.03 Å². The molecule has 0 bridgehead atoms. The molecule has 126 valence electrons. The second kappa shape index (κ2) is 6.36. The molecule has 5 heteroatoms. The summed E-state index contributed by atoms with van der Waals surface area (Å²) in [7, 11) is 0. The Kier molecular flexibility index (Phi) is 4.23. The molecule has 0 saturated carbocycles. The summed E-state index contributed by atoms with van der Waals surface area (Å²) in [6, 6.07) is 12.1. The number of hydrogen-bond acceptors (Lipinski definition) is 3. The fraction of sp³-hybridized carbons (Fsp3) is 0.150. The minimum absolute atomic E-state index is 0.0620. The number of hydrogen-bond donors (Lipinski definition) is 1. The van der Waals surface area contributed by atoms with E-state index in [0.29, 0.717) is 5.69 Å². The van der Waals surface area contributed by atoms with E-state index in [0.717, 1.165) is 27.2 Å². The van der Waals surface area contributed by atoms with Crippen molar-refractivity contribution in [1.82, 2.24) is 5.32 Å². The summed E-state index contributed by atoms with van der Waals surface area (Å²) in [5, 5.41) is 2.25. The smallest absolute Gasteiger partial charge is 0.273 e. The molecule has 0 radical (unpaired) electrons. The Morgan fingerprint density at radius 2 is 1.56 bits per heavy atom. The molecule has 3 rings (SSSR count). The minimum Gasteiger partial charge on any atom is -0.273 e. The van der Waals surface area contributed by atoms with Gasteiger partial charge in [-0.3, -0.25) is 14.9 Å². The molecule has 25 heavy (non-hydrogen) atoms. The Bertz CT molecular complexity index is 908. The zero-order valence-electron chi connectivity index (χ0n) is 14.3. The molecule has 5 nitrogen and oxygen atoms in total. The van der Waals surface area contributed by atoms with Gasteiger partial charge in [0.25, 0.3) is 11.8 Å². The Morgan fingerprint density at radius 3 is 2.20 bits per heavy atom. The zero-order chi connectivity index (χ0) is 18.1. The number of amides is 4. The maximum Gasteiger partial charge on any atom is 0.335 e. The van der Waals surface area contributed by atoms with Crippen LogP contribution >= 0.6 is 0 Å². The van der Waals surface area contributed by atoms with Crippen molar-refractivity contribution in [3.8, 4) is 0 Å². The first-order valence-corrected chi connectivity index (χ1v) is 7.92. The van der Waals surface area contributed by atoms with Crippen LogP contribution in [0.4, 0.5) is 10.5 Å². The lowest BCUT2D eigenvalue weighted by Gasteiger charge is -2.27. The van der Waals surface area contributed by atoms with E-state index in [4.69, 9.17) is 0 Å². The first-order chi connectivity index (χ1) is 11.9. The third-order valence-corrected chi connectivity index (χ3v) is 4.05. The van der Waals surface area contributed by atoms with Gasteiger partial charge in [0.1, 0.15) is 5.57 Å². The first kappa shape index (κ1) is 16.6. The van der Waals surface area contributed by atoms with Gasteiger partial charge in [-0.05, 0) is 61.2 Å². The lowest BCUT2D eigenvalue weighted by Crippen LogP contribution is -2.54. The normalized spacial score (nSPS) is 16.4. The van der Waals surface area contributed by atoms with Gasteiger partial charge < -0.3 is 0 Å². The van der Waals surface area contributed by atoms with Crippen molar-refractivity contribution in [3.63, 3.8) is 0 Å². The summed E-state index contributed by atoms with van der Waals surface area (Å²) >= 11 is 0. The van der Waals surface area contributed by atoms with Crippen molar-refractivity contribution in [3.05, 3.63) is 70.3 Å². The van der Waals surface area contributed by atoms with Crippen molar-refractivity contribution in [2.75, 3.05) is 4.90 Å². The van der Waals surface area contributed by atoms with Crippen LogP contribution in [0.1, 0.15) is 22.3 Å². The molecule has 1 heterocycles. The maximum atomic E-state index is 12.9. The van der Waals surface area contributed by atoms with Crippen LogP contribution in [0.2, 0.25) is 0 Å². The van der Waals surface area contributed by atoms with E-state index in [1.807, 2.05) is 51.1 Å². The van der Waals surface area contributed by atoms with Crippen LogP contribution in [-0.2, 0) is 9.59 Å². The molecule has 0 atom stereocenters. The van der Waals surface area contributed by atoms with E-state index in [1.165, 1.54) is 6.08 Å². The molecule has 1 saturated heterocycles. The summed E-state index contributed by atoms with van der Waals surface area (Å²) < 4.78 is 0. The number of rotatable bonds is 2. The maximum absolute atomic E-state index is 12.9. The molecule has 0 spiro atoms. The van der Waals surface area contributed by atoms with Gasteiger partial charge in [0.05, 0.1) is 5.69 Å². The number of nitrogens with zero attached hydrogens (tertiary/aromatic N) is 1. The lowest BCUT2D eigenvalue weighted by atomic mass is 10.0. The molecule has 1 N–H and O–H groups in total. The number of barbiturate groups is 1. The van der Waals surface area contributed by atoms with Crippen LogP contribution in [0.5, 0.6) is 0 Å². The predicted octanol–water partition coefficient (Wildman–Crippen LogP) is 3.28. The van der Waals surface area contributed by atoms with Crippen LogP contribution in [0.25, 0.3) is 6.08 Å². The van der Waals surface area contributed by atoms with Crippen LogP contribution in [-0.4, -0.2) is 17.8 Å². The predicted molar refractivity (Wildman–Crippen MR) is 96.1 cm³/mol. The van der Waals surface area contributed by atoms with Gasteiger partial charge in [-0.2, -0.15) is 0 Å². The zero-order valence-corrected chi connectivity index (χ0v) is 14.3. The number of carbonyl (C=O) groups is 3. The van der Waals surface area contributed by atoms with Crippen LogP contribution < -0.4 is 10.2 Å². The number of imide groups is 2. The molecule has 0 aliphatic carbocycles. The summed E-state index contributed by atoms with van der Waals surface area (Å²) in [6.07, 6.45) is 1.52. The molecule has 0 aromatic heterocycles. The summed E-state index contributed by atoms with van der Waals surface area (Å²) in [5.74, 6) is -1.30. The van der Waals surface area contributed by atoms with E-state index in [1.54, 1.807) is 12.1 Å². The molecule has 2 aromatic carbocycles. The van der Waals surface area contributed by atoms with Crippen molar-refractivity contribution < 1.29 is 14.4 Å². The number of nitrogens with one attached hydrogen (secondary N) is 1. The minimum atomic E-state index is -0.734. The molecular formula is C20H18N2O3. The molecule has 0 unspecified atom stereocenters. The van der Waals surface area contributed by atoms with E-state index < -0.39 is 17.8 Å². The number of benzene rings is 2. The Labute approximate surface area is 146 Å². The Hall–Kier alpha value is -3.21. The van der Waals surface area contributed by atoms with Gasteiger partial charge in [-0.25, -0.2) is 9.69 Å². The highest BCUT2D eigenvalue weighted by Gasteiger charge is 2.36. The van der Waals surface area contributed by atoms with E-state index in [9.17, 15) is 14.4 Å². The van der Waals surface area contributed by atoms with Crippen molar-refractivity contribution >= 4 is 29.6 Å². The number of carbonyl (C=O) groups excluding carboxylic acids is 3. The van der Waals surface area contributed by atoms with E-state index in [-0.39, 0.29) is 5.57 Å². The van der Waals surface area contributed by atoms with Gasteiger partial charge in [0.15, 0.2) is 0 Å². The van der Waals surface area contributed by atoms with E-state index in [2.05, 4.69) is 5.32 Å². The molecule has 1 aliphatic rings. The van der Waals surface area contributed by atoms with Gasteiger partial charge in [-0.15, -0.1) is 0 Å². The third kappa shape index (κ3) is 3.21.